The molecule has 12 nitrogen and oxygen atoms in total. The summed E-state index contributed by atoms with van der Waals surface area (Å²) in [7, 11) is 1.35. The third-order valence-electron chi connectivity index (χ3n) is 6.09. The van der Waals surface area contributed by atoms with E-state index in [4.69, 9.17) is 18.9 Å². The van der Waals surface area contributed by atoms with Gasteiger partial charge in [-0.2, -0.15) is 0 Å². The molecule has 0 bridgehead atoms. The summed E-state index contributed by atoms with van der Waals surface area (Å²) in [5.41, 5.74) is 0. The first-order valence-corrected chi connectivity index (χ1v) is 10.7. The van der Waals surface area contributed by atoms with Crippen LogP contribution in [-0.2, 0) is 28.5 Å². The average Bonchev–Trinajstić information content (AvgIpc) is 2.74. The van der Waals surface area contributed by atoms with E-state index in [9.17, 15) is 35.1 Å². The van der Waals surface area contributed by atoms with Gasteiger partial charge in [0, 0.05) is 25.9 Å². The summed E-state index contributed by atoms with van der Waals surface area (Å²) in [6.45, 7) is 2.14. The maximum atomic E-state index is 11.6. The number of hydrogen-bond acceptors (Lipinski definition) is 11. The van der Waals surface area contributed by atoms with Gasteiger partial charge in [0.1, 0.15) is 24.4 Å². The molecular weight excluding hydrogens is 430 g/mol. The molecule has 0 saturated carbocycles. The van der Waals surface area contributed by atoms with Crippen LogP contribution < -0.4 is 10.4 Å². The number of amides is 1. The number of aliphatic carboxylic acids is 1. The van der Waals surface area contributed by atoms with Crippen molar-refractivity contribution in [1.29, 1.82) is 0 Å². The molecule has 0 aromatic rings. The van der Waals surface area contributed by atoms with Crippen LogP contribution in [0.5, 0.6) is 0 Å². The van der Waals surface area contributed by atoms with Crippen molar-refractivity contribution >= 4 is 11.9 Å². The maximum Gasteiger partial charge on any atom is 0.217 e. The first kappa shape index (κ1) is 26.9. The Morgan fingerprint density at radius 3 is 2.19 bits per heavy atom. The highest BCUT2D eigenvalue weighted by atomic mass is 16.6. The van der Waals surface area contributed by atoms with Crippen molar-refractivity contribution in [3.8, 4) is 0 Å². The molecule has 2 fully saturated rings. The number of aliphatic hydroxyl groups excluding tert-OH is 4. The Morgan fingerprint density at radius 1 is 0.969 bits per heavy atom. The van der Waals surface area contributed by atoms with Crippen LogP contribution in [0.4, 0.5) is 0 Å². The van der Waals surface area contributed by atoms with Crippen molar-refractivity contribution in [2.75, 3.05) is 33.5 Å². The fraction of sp³-hybridized carbons (Fsp3) is 0.900. The van der Waals surface area contributed by atoms with Gasteiger partial charge in [-0.1, -0.05) is 6.92 Å². The van der Waals surface area contributed by atoms with Crippen molar-refractivity contribution < 1.29 is 54.1 Å². The molecular formula is C20H34NO11-. The number of carboxylic acids is 1. The minimum Gasteiger partial charge on any atom is -0.547 e. The highest BCUT2D eigenvalue weighted by Gasteiger charge is 2.47. The van der Waals surface area contributed by atoms with E-state index in [-0.39, 0.29) is 32.3 Å². The number of carboxylic acid groups (broad SMARTS) is 1. The number of aliphatic hydroxyl groups is 4. The quantitative estimate of drug-likeness (QED) is 0.213. The van der Waals surface area contributed by atoms with Crippen LogP contribution in [0, 0.1) is 11.8 Å². The summed E-state index contributed by atoms with van der Waals surface area (Å²) in [5, 5.41) is 55.2. The summed E-state index contributed by atoms with van der Waals surface area (Å²) in [5.74, 6) is -3.51. The van der Waals surface area contributed by atoms with Crippen molar-refractivity contribution in [2.24, 2.45) is 11.8 Å². The Kier molecular flexibility index (Phi) is 10.2. The van der Waals surface area contributed by atoms with Crippen LogP contribution in [0.3, 0.4) is 0 Å². The molecule has 10 unspecified atom stereocenters. The van der Waals surface area contributed by atoms with E-state index in [1.807, 2.05) is 6.92 Å². The minimum absolute atomic E-state index is 0.122. The lowest BCUT2D eigenvalue weighted by atomic mass is 9.83. The SMILES string of the molecule is CCC1C(CO)OC(COCC2C(C(=O)[O-])OC(COC)C(O)C2O)C(NC(C)=O)C1O. The molecule has 2 rings (SSSR count). The molecule has 32 heavy (non-hydrogen) atoms. The fourth-order valence-corrected chi connectivity index (χ4v) is 4.42. The average molecular weight is 464 g/mol. The van der Waals surface area contributed by atoms with Crippen molar-refractivity contribution in [1.82, 2.24) is 5.32 Å². The number of methoxy groups -OCH3 is 1. The predicted molar refractivity (Wildman–Crippen MR) is 105 cm³/mol. The number of nitrogens with one attached hydrogen (secondary N) is 1. The molecule has 2 heterocycles. The summed E-state index contributed by atoms with van der Waals surface area (Å²) in [6.07, 6.45) is -7.49. The predicted octanol–water partition coefficient (Wildman–Crippen LogP) is -3.84. The van der Waals surface area contributed by atoms with E-state index in [0.717, 1.165) is 0 Å². The van der Waals surface area contributed by atoms with Crippen LogP contribution in [0.1, 0.15) is 20.3 Å². The Hall–Kier alpha value is -1.38. The molecule has 0 aromatic heterocycles. The van der Waals surface area contributed by atoms with Gasteiger partial charge >= 0.3 is 0 Å². The van der Waals surface area contributed by atoms with Crippen molar-refractivity contribution in [2.45, 2.75) is 69.0 Å². The standard InChI is InChI=1S/C20H35NO11/c1-4-10-12(5-22)31-13(15(16(10)24)21-9(2)23)8-30-6-11-17(25)18(26)14(7-29-3)32-19(11)20(27)28/h10-19,22,24-26H,4-8H2,1-3H3,(H,21,23)(H,27,28)/p-1. The molecule has 2 aliphatic heterocycles. The second-order valence-electron chi connectivity index (χ2n) is 8.24. The largest absolute Gasteiger partial charge is 0.547 e. The van der Waals surface area contributed by atoms with E-state index >= 15 is 0 Å². The fourth-order valence-electron chi connectivity index (χ4n) is 4.42. The Bertz CT molecular complexity index is 620. The number of carbonyl (C=O) groups is 2. The second kappa shape index (κ2) is 12.2. The Morgan fingerprint density at radius 2 is 1.66 bits per heavy atom. The van der Waals surface area contributed by atoms with Crippen LogP contribution in [0.2, 0.25) is 0 Å². The molecule has 2 aliphatic rings. The third-order valence-corrected chi connectivity index (χ3v) is 6.09. The van der Waals surface area contributed by atoms with Crippen LogP contribution in [-0.4, -0.2) is 115 Å². The summed E-state index contributed by atoms with van der Waals surface area (Å²) < 4.78 is 21.7. The molecule has 0 aliphatic carbocycles. The molecule has 5 N–H and O–H groups in total. The van der Waals surface area contributed by atoms with Gasteiger partial charge in [0.25, 0.3) is 0 Å². The number of hydrogen-bond donors (Lipinski definition) is 5. The second-order valence-corrected chi connectivity index (χ2v) is 8.24. The zero-order valence-corrected chi connectivity index (χ0v) is 18.5. The van der Waals surface area contributed by atoms with Crippen LogP contribution in [0.25, 0.3) is 0 Å². The van der Waals surface area contributed by atoms with Gasteiger partial charge in [-0.25, -0.2) is 0 Å². The van der Waals surface area contributed by atoms with Gasteiger partial charge in [0.05, 0.1) is 56.8 Å². The molecule has 1 amide bonds. The van der Waals surface area contributed by atoms with E-state index in [0.29, 0.717) is 6.42 Å². The van der Waals surface area contributed by atoms with Crippen molar-refractivity contribution in [3.63, 3.8) is 0 Å². The summed E-state index contributed by atoms with van der Waals surface area (Å²) in [6, 6.07) is -0.818. The highest BCUT2D eigenvalue weighted by Crippen LogP contribution is 2.30. The maximum absolute atomic E-state index is 11.6. The smallest absolute Gasteiger partial charge is 0.217 e. The lowest BCUT2D eigenvalue weighted by Crippen LogP contribution is -2.63. The van der Waals surface area contributed by atoms with Gasteiger partial charge in [-0.15, -0.1) is 0 Å². The molecule has 0 radical (unpaired) electrons. The van der Waals surface area contributed by atoms with Crippen molar-refractivity contribution in [3.05, 3.63) is 0 Å². The first-order valence-electron chi connectivity index (χ1n) is 10.7. The Balaban J connectivity index is 2.07. The number of rotatable bonds is 10. The van der Waals surface area contributed by atoms with E-state index in [1.165, 1.54) is 14.0 Å². The molecule has 186 valence electrons. The highest BCUT2D eigenvalue weighted by molar-refractivity contribution is 5.73. The summed E-state index contributed by atoms with van der Waals surface area (Å²) >= 11 is 0. The van der Waals surface area contributed by atoms with Gasteiger partial charge in [0.2, 0.25) is 5.91 Å². The molecule has 0 spiro atoms. The molecule has 2 saturated heterocycles. The number of carbonyl (C=O) groups excluding carboxylic acids is 2. The van der Waals surface area contributed by atoms with Crippen LogP contribution in [0.15, 0.2) is 0 Å². The molecule has 0 aromatic carbocycles. The summed E-state index contributed by atoms with van der Waals surface area (Å²) in [4.78, 5) is 23.2. The Labute approximate surface area is 186 Å². The lowest BCUT2D eigenvalue weighted by molar-refractivity contribution is -0.332. The zero-order chi connectivity index (χ0) is 24.0. The van der Waals surface area contributed by atoms with Gasteiger partial charge in [-0.3, -0.25) is 4.79 Å². The third kappa shape index (κ3) is 6.14. The molecule has 10 atom stereocenters. The topological polar surface area (TPSA) is 187 Å². The normalized spacial score (nSPS) is 40.1. The van der Waals surface area contributed by atoms with E-state index in [2.05, 4.69) is 5.32 Å². The lowest BCUT2D eigenvalue weighted by Gasteiger charge is -2.45. The van der Waals surface area contributed by atoms with Gasteiger partial charge in [-0.05, 0) is 6.42 Å². The van der Waals surface area contributed by atoms with Gasteiger partial charge < -0.3 is 54.6 Å². The van der Waals surface area contributed by atoms with E-state index < -0.39 is 66.6 Å². The first-order chi connectivity index (χ1) is 15.2. The zero-order valence-electron chi connectivity index (χ0n) is 18.5. The van der Waals surface area contributed by atoms with E-state index in [1.54, 1.807) is 0 Å². The minimum atomic E-state index is -1.57. The number of ether oxygens (including phenoxy) is 4. The monoisotopic (exact) mass is 464 g/mol. The van der Waals surface area contributed by atoms with Crippen LogP contribution >= 0.6 is 0 Å². The molecule has 12 heteroatoms. The van der Waals surface area contributed by atoms with Gasteiger partial charge in [0.15, 0.2) is 0 Å².